The van der Waals surface area contributed by atoms with E-state index in [0.29, 0.717) is 11.5 Å². The molecule has 5 heterocycles. The van der Waals surface area contributed by atoms with Crippen LogP contribution in [0.3, 0.4) is 0 Å². The molecule has 4 aromatic heterocycles. The van der Waals surface area contributed by atoms with Crippen molar-refractivity contribution >= 4 is 98.3 Å². The number of rotatable bonds is 6. The fourth-order valence-corrected chi connectivity index (χ4v) is 13.0. The summed E-state index contributed by atoms with van der Waals surface area (Å²) in [7, 11) is 0. The number of aromatic nitrogens is 4. The number of hydrogen-bond donors (Lipinski definition) is 0. The van der Waals surface area contributed by atoms with E-state index in [1.165, 1.54) is 54.6 Å². The molecule has 14 aromatic rings. The Hall–Kier alpha value is -9.09. The fourth-order valence-electron chi connectivity index (χ4n) is 13.0. The summed E-state index contributed by atoms with van der Waals surface area (Å²) in [5, 5.41) is 11.6. The van der Waals surface area contributed by atoms with Crippen LogP contribution in [-0.4, -0.2) is 18.7 Å². The summed E-state index contributed by atoms with van der Waals surface area (Å²) in [6.07, 6.45) is 1.93. The van der Waals surface area contributed by atoms with Crippen molar-refractivity contribution in [3.8, 4) is 34.1 Å². The largest absolute Gasteiger partial charge is 0.509 e. The van der Waals surface area contributed by atoms with Gasteiger partial charge in [-0.15, -0.1) is 30.3 Å². The van der Waals surface area contributed by atoms with Gasteiger partial charge in [0.2, 0.25) is 0 Å². The molecule has 0 N–H and O–H groups in total. The molecule has 0 bridgehead atoms. The first-order chi connectivity index (χ1) is 40.6. The average Bonchev–Trinajstić information content (AvgIpc) is 1.70. The van der Waals surface area contributed by atoms with Crippen molar-refractivity contribution in [2.45, 2.75) is 78.6 Å². The average molecular weight is 1280 g/mol. The maximum Gasteiger partial charge on any atom is 0.135 e. The monoisotopic (exact) mass is 1280 g/mol. The fraction of sp³-hybridized carbons (Fsp3) is 0.154. The zero-order valence-corrected chi connectivity index (χ0v) is 51.6. The van der Waals surface area contributed by atoms with Gasteiger partial charge in [0.15, 0.2) is 0 Å². The van der Waals surface area contributed by atoms with Crippen molar-refractivity contribution in [1.82, 2.24) is 18.7 Å². The minimum atomic E-state index is -0.0966. The number of nitrogens with zero attached hydrogens (tertiary/aromatic N) is 5. The molecule has 1 aliphatic rings. The quantitative estimate of drug-likeness (QED) is 0.156. The van der Waals surface area contributed by atoms with Crippen LogP contribution in [0.25, 0.3) is 110 Å². The molecule has 1 aliphatic heterocycles. The molecule has 0 aliphatic carbocycles. The molecule has 0 saturated heterocycles. The van der Waals surface area contributed by atoms with E-state index in [0.717, 1.165) is 83.1 Å². The van der Waals surface area contributed by atoms with E-state index in [4.69, 9.17) is 9.72 Å². The van der Waals surface area contributed by atoms with Gasteiger partial charge in [0.05, 0.1) is 11.0 Å². The molecule has 420 valence electrons. The van der Waals surface area contributed by atoms with Gasteiger partial charge in [0.25, 0.3) is 0 Å². The van der Waals surface area contributed by atoms with Crippen LogP contribution in [-0.2, 0) is 37.3 Å². The predicted molar refractivity (Wildman–Crippen MR) is 353 cm³/mol. The number of ether oxygens (including phenoxy) is 1. The minimum absolute atomic E-state index is 0. The zero-order valence-electron chi connectivity index (χ0n) is 49.3. The standard InChI is InChI=1S/C78H64N5O.Pt/c1-76(2,3)50-39-40-79-72(44-50)83-68-37-19-16-31-65(68)73-70(82-66-35-17-14-29-61(66)62-30-15-18-36-67(62)82)46-55(47-71(73)83)84-54-24-20-23-53(45-54)80-48-81-74-56(49-41-51(77(4,5)6)43-52(42-49)78(7,8)9)32-21-33-63(74)59-27-12-10-25-57(59)58-26-11-13-28-60(58)64-34-22-38-69(80)75(64)81;/h10-44,46,48H,1-9H3;/q-3;. The van der Waals surface area contributed by atoms with E-state index < -0.39 is 0 Å². The zero-order chi connectivity index (χ0) is 57.4. The first-order valence-corrected chi connectivity index (χ1v) is 29.3. The minimum Gasteiger partial charge on any atom is -0.509 e. The molecule has 15 rings (SSSR count). The molecule has 10 aromatic carbocycles. The third kappa shape index (κ3) is 8.87. The molecule has 7 heteroatoms. The summed E-state index contributed by atoms with van der Waals surface area (Å²) >= 11 is 0. The third-order valence-electron chi connectivity index (χ3n) is 17.3. The molecule has 0 spiro atoms. The van der Waals surface area contributed by atoms with Crippen LogP contribution in [0.1, 0.15) is 79.0 Å². The number of anilines is 2. The second-order valence-corrected chi connectivity index (χ2v) is 25.7. The second-order valence-electron chi connectivity index (χ2n) is 25.7. The van der Waals surface area contributed by atoms with E-state index in [1.54, 1.807) is 0 Å². The maximum atomic E-state index is 7.23. The van der Waals surface area contributed by atoms with Crippen LogP contribution in [0.4, 0.5) is 11.4 Å². The Bertz CT molecular complexity index is 5030. The van der Waals surface area contributed by atoms with Crippen LogP contribution in [0.2, 0.25) is 0 Å². The van der Waals surface area contributed by atoms with Gasteiger partial charge in [-0.3, -0.25) is 0 Å². The number of para-hydroxylation sites is 5. The molecule has 0 fully saturated rings. The smallest absolute Gasteiger partial charge is 0.135 e. The van der Waals surface area contributed by atoms with E-state index in [1.807, 2.05) is 12.3 Å². The second kappa shape index (κ2) is 20.0. The molecular formula is C78H64N5OPt-3. The Morgan fingerprint density at radius 3 is 1.52 bits per heavy atom. The van der Waals surface area contributed by atoms with Gasteiger partial charge < -0.3 is 23.3 Å². The van der Waals surface area contributed by atoms with Crippen molar-refractivity contribution in [2.75, 3.05) is 4.90 Å². The predicted octanol–water partition coefficient (Wildman–Crippen LogP) is 20.9. The molecule has 0 radical (unpaired) electrons. The molecular weight excluding hydrogens is 1220 g/mol. The van der Waals surface area contributed by atoms with Crippen molar-refractivity contribution in [1.29, 1.82) is 0 Å². The molecule has 0 amide bonds. The van der Waals surface area contributed by atoms with Gasteiger partial charge in [0.1, 0.15) is 5.82 Å². The Balaban J connectivity index is 0.00000640. The Morgan fingerprint density at radius 1 is 0.412 bits per heavy atom. The number of benzene rings is 10. The normalized spacial score (nSPS) is 12.7. The van der Waals surface area contributed by atoms with E-state index in [9.17, 15) is 0 Å². The Kier molecular flexibility index (Phi) is 12.7. The molecule has 0 saturated carbocycles. The number of fused-ring (bicyclic) bond motifs is 13. The molecule has 85 heavy (non-hydrogen) atoms. The number of hydrogen-bond acceptors (Lipinski definition) is 3. The summed E-state index contributed by atoms with van der Waals surface area (Å²) in [5.74, 6) is 1.94. The van der Waals surface area contributed by atoms with Crippen LogP contribution in [0.5, 0.6) is 11.5 Å². The Morgan fingerprint density at radius 2 is 0.918 bits per heavy atom. The van der Waals surface area contributed by atoms with E-state index in [2.05, 4.69) is 306 Å². The van der Waals surface area contributed by atoms with Gasteiger partial charge >= 0.3 is 0 Å². The summed E-state index contributed by atoms with van der Waals surface area (Å²) in [5.41, 5.74) is 15.1. The van der Waals surface area contributed by atoms with Crippen LogP contribution >= 0.6 is 0 Å². The van der Waals surface area contributed by atoms with Gasteiger partial charge in [-0.2, -0.15) is 6.07 Å². The summed E-state index contributed by atoms with van der Waals surface area (Å²) < 4.78 is 14.3. The van der Waals surface area contributed by atoms with Crippen molar-refractivity contribution < 1.29 is 25.8 Å². The van der Waals surface area contributed by atoms with Gasteiger partial charge in [0, 0.05) is 60.7 Å². The summed E-state index contributed by atoms with van der Waals surface area (Å²) in [6.45, 7) is 22.9. The third-order valence-corrected chi connectivity index (χ3v) is 17.3. The Labute approximate surface area is 511 Å². The molecule has 0 unspecified atom stereocenters. The van der Waals surface area contributed by atoms with Crippen LogP contribution in [0, 0.1) is 18.8 Å². The summed E-state index contributed by atoms with van der Waals surface area (Å²) in [4.78, 5) is 7.37. The first-order valence-electron chi connectivity index (χ1n) is 29.3. The SMILES string of the molecule is CC(C)(C)c1cc(-c2cccc3c4ccccc4c4ccccc4c4cccc5c4n(c23)[CH-]N5c2[c-]c(Oc3[c-]c4c(c(-n5c6ccccc6c6ccccc65)c3)c3ccccc3n4-c3cc(C(C)(C)C)ccn3)ccc2)cc(C(C)(C)C)c1.[Pt]. The first kappa shape index (κ1) is 53.9. The van der Waals surface area contributed by atoms with Gasteiger partial charge in [-0.1, -0.05) is 231 Å². The van der Waals surface area contributed by atoms with E-state index in [-0.39, 0.29) is 37.3 Å². The van der Waals surface area contributed by atoms with Crippen LogP contribution < -0.4 is 9.64 Å². The number of pyridine rings is 1. The van der Waals surface area contributed by atoms with Crippen molar-refractivity contribution in [3.05, 3.63) is 254 Å². The molecule has 6 nitrogen and oxygen atoms in total. The van der Waals surface area contributed by atoms with Crippen molar-refractivity contribution in [2.24, 2.45) is 0 Å². The van der Waals surface area contributed by atoms with Gasteiger partial charge in [-0.05, 0) is 142 Å². The van der Waals surface area contributed by atoms with Crippen LogP contribution in [0.15, 0.2) is 219 Å². The van der Waals surface area contributed by atoms with Gasteiger partial charge in [-0.25, -0.2) is 4.98 Å². The maximum absolute atomic E-state index is 7.23. The van der Waals surface area contributed by atoms with Crippen molar-refractivity contribution in [3.63, 3.8) is 0 Å². The van der Waals surface area contributed by atoms with E-state index >= 15 is 0 Å². The summed E-state index contributed by atoms with van der Waals surface area (Å²) in [6, 6.07) is 85.1. The topological polar surface area (TPSA) is 40.1 Å². The molecule has 0 atom stereocenters.